The van der Waals surface area contributed by atoms with Crippen molar-refractivity contribution in [2.45, 2.75) is 24.5 Å². The van der Waals surface area contributed by atoms with Crippen molar-refractivity contribution in [1.29, 1.82) is 0 Å². The molecule has 3 rings (SSSR count). The van der Waals surface area contributed by atoms with E-state index in [2.05, 4.69) is 30.2 Å². The van der Waals surface area contributed by atoms with E-state index in [4.69, 9.17) is 4.74 Å². The number of nitrogens with one attached hydrogen (secondary N) is 1. The Bertz CT molecular complexity index is 808. The standard InChI is InChI=1S/C16H17F3N6O3/c17-16(18,19)11-6-20-7-12(25-11)23-4-9-8-28-10(14(27)13(9)26)5-24-15-21-2-1-3-22-15/h1-4,6-7,9-10,13-14,26-27H,5,8H2,(H,21,22,24)/t9?,10-,13-,14+/m1/s1. The molecule has 0 aromatic carbocycles. The van der Waals surface area contributed by atoms with E-state index in [1.54, 1.807) is 18.5 Å². The number of nitrogens with zero attached hydrogens (tertiary/aromatic N) is 5. The van der Waals surface area contributed by atoms with Crippen molar-refractivity contribution in [3.8, 4) is 0 Å². The number of aliphatic imine (C=N–C) groups is 1. The molecule has 4 atom stereocenters. The summed E-state index contributed by atoms with van der Waals surface area (Å²) < 4.78 is 43.5. The Labute approximate surface area is 157 Å². The molecule has 150 valence electrons. The van der Waals surface area contributed by atoms with E-state index >= 15 is 0 Å². The average Bonchev–Trinajstić information content (AvgIpc) is 2.69. The normalized spacial score (nSPS) is 25.8. The molecule has 1 unspecified atom stereocenters. The number of aliphatic hydroxyl groups is 2. The summed E-state index contributed by atoms with van der Waals surface area (Å²) in [6.07, 6.45) is -1.88. The highest BCUT2D eigenvalue weighted by Gasteiger charge is 2.38. The predicted octanol–water partition coefficient (Wildman–Crippen LogP) is 0.837. The molecule has 1 aliphatic rings. The Kier molecular flexibility index (Phi) is 6.11. The van der Waals surface area contributed by atoms with Crippen molar-refractivity contribution >= 4 is 18.0 Å². The highest BCUT2D eigenvalue weighted by atomic mass is 19.4. The van der Waals surface area contributed by atoms with Gasteiger partial charge in [0.2, 0.25) is 5.95 Å². The maximum atomic E-state index is 12.7. The molecule has 0 aliphatic carbocycles. The van der Waals surface area contributed by atoms with Gasteiger partial charge in [0.05, 0.1) is 25.1 Å². The Morgan fingerprint density at radius 2 is 1.96 bits per heavy atom. The summed E-state index contributed by atoms with van der Waals surface area (Å²) in [4.78, 5) is 18.6. The molecule has 1 aliphatic heterocycles. The lowest BCUT2D eigenvalue weighted by molar-refractivity contribution is -0.143. The van der Waals surface area contributed by atoms with Crippen LogP contribution in [0.2, 0.25) is 0 Å². The highest BCUT2D eigenvalue weighted by Crippen LogP contribution is 2.28. The van der Waals surface area contributed by atoms with Gasteiger partial charge in [-0.25, -0.2) is 19.9 Å². The van der Waals surface area contributed by atoms with Crippen LogP contribution in [0.3, 0.4) is 0 Å². The molecule has 0 spiro atoms. The zero-order valence-corrected chi connectivity index (χ0v) is 14.4. The molecule has 0 radical (unpaired) electrons. The minimum absolute atomic E-state index is 0.0100. The number of aliphatic hydroxyl groups excluding tert-OH is 2. The van der Waals surface area contributed by atoms with E-state index < -0.39 is 36.1 Å². The second-order valence-corrected chi connectivity index (χ2v) is 6.01. The molecule has 2 aromatic heterocycles. The molecule has 0 bridgehead atoms. The molecule has 3 heterocycles. The molecule has 3 N–H and O–H groups in total. The van der Waals surface area contributed by atoms with Gasteiger partial charge in [-0.1, -0.05) is 0 Å². The van der Waals surface area contributed by atoms with E-state index in [-0.39, 0.29) is 19.0 Å². The van der Waals surface area contributed by atoms with Gasteiger partial charge in [-0.05, 0) is 6.07 Å². The summed E-state index contributed by atoms with van der Waals surface area (Å²) in [6.45, 7) is 0.168. The number of aromatic nitrogens is 4. The van der Waals surface area contributed by atoms with Gasteiger partial charge in [0.15, 0.2) is 11.5 Å². The lowest BCUT2D eigenvalue weighted by Gasteiger charge is -2.36. The molecule has 1 saturated heterocycles. The zero-order chi connectivity index (χ0) is 20.1. The molecule has 12 heteroatoms. The Morgan fingerprint density at radius 3 is 2.68 bits per heavy atom. The maximum absolute atomic E-state index is 12.7. The van der Waals surface area contributed by atoms with Crippen LogP contribution in [0.25, 0.3) is 0 Å². The Hall–Kier alpha value is -2.70. The average molecular weight is 398 g/mol. The fraction of sp³-hybridized carbons (Fsp3) is 0.438. The molecule has 28 heavy (non-hydrogen) atoms. The summed E-state index contributed by atoms with van der Waals surface area (Å²) in [6, 6.07) is 1.65. The van der Waals surface area contributed by atoms with Crippen LogP contribution < -0.4 is 5.32 Å². The van der Waals surface area contributed by atoms with Crippen molar-refractivity contribution in [2.24, 2.45) is 10.9 Å². The lowest BCUT2D eigenvalue weighted by atomic mass is 9.93. The van der Waals surface area contributed by atoms with Crippen LogP contribution in [-0.4, -0.2) is 67.8 Å². The summed E-state index contributed by atoms with van der Waals surface area (Å²) >= 11 is 0. The maximum Gasteiger partial charge on any atom is 0.434 e. The van der Waals surface area contributed by atoms with Crippen molar-refractivity contribution < 1.29 is 28.1 Å². The van der Waals surface area contributed by atoms with Gasteiger partial charge in [0, 0.05) is 31.1 Å². The molecule has 2 aromatic rings. The number of hydrogen-bond acceptors (Lipinski definition) is 9. The second kappa shape index (κ2) is 8.54. The van der Waals surface area contributed by atoms with Crippen LogP contribution in [0.15, 0.2) is 35.8 Å². The van der Waals surface area contributed by atoms with Gasteiger partial charge in [0.25, 0.3) is 0 Å². The van der Waals surface area contributed by atoms with E-state index in [1.165, 1.54) is 6.21 Å². The van der Waals surface area contributed by atoms with Gasteiger partial charge >= 0.3 is 6.18 Å². The summed E-state index contributed by atoms with van der Waals surface area (Å²) in [5, 5.41) is 23.4. The third-order valence-corrected chi connectivity index (χ3v) is 4.01. The fourth-order valence-corrected chi connectivity index (χ4v) is 2.52. The fourth-order valence-electron chi connectivity index (χ4n) is 2.52. The smallest absolute Gasteiger partial charge is 0.390 e. The SMILES string of the molecule is O[C@@H]1[C@H](O)C(C=Nc2cncc(C(F)(F)F)n2)CO[C@@H]1CNc1ncccn1. The van der Waals surface area contributed by atoms with Crippen LogP contribution in [0.5, 0.6) is 0 Å². The van der Waals surface area contributed by atoms with Crippen molar-refractivity contribution in [3.05, 3.63) is 36.5 Å². The van der Waals surface area contributed by atoms with Crippen LogP contribution >= 0.6 is 0 Å². The van der Waals surface area contributed by atoms with Crippen LogP contribution in [0.1, 0.15) is 5.69 Å². The van der Waals surface area contributed by atoms with Crippen molar-refractivity contribution in [1.82, 2.24) is 19.9 Å². The first-order valence-electron chi connectivity index (χ1n) is 8.26. The number of ether oxygens (including phenoxy) is 1. The van der Waals surface area contributed by atoms with Crippen LogP contribution in [0.4, 0.5) is 24.9 Å². The third kappa shape index (κ3) is 4.97. The van der Waals surface area contributed by atoms with Crippen molar-refractivity contribution in [2.75, 3.05) is 18.5 Å². The van der Waals surface area contributed by atoms with E-state index in [9.17, 15) is 23.4 Å². The largest absolute Gasteiger partial charge is 0.434 e. The molecule has 0 saturated carbocycles. The zero-order valence-electron chi connectivity index (χ0n) is 14.4. The van der Waals surface area contributed by atoms with Gasteiger partial charge < -0.3 is 20.3 Å². The quantitative estimate of drug-likeness (QED) is 0.633. The number of hydrogen-bond donors (Lipinski definition) is 3. The number of alkyl halides is 3. The minimum atomic E-state index is -4.63. The monoisotopic (exact) mass is 398 g/mol. The number of rotatable bonds is 5. The molecule has 9 nitrogen and oxygen atoms in total. The molecule has 0 amide bonds. The first-order valence-corrected chi connectivity index (χ1v) is 8.26. The summed E-state index contributed by atoms with van der Waals surface area (Å²) in [7, 11) is 0. The van der Waals surface area contributed by atoms with Crippen LogP contribution in [-0.2, 0) is 10.9 Å². The summed E-state index contributed by atoms with van der Waals surface area (Å²) in [5.41, 5.74) is -1.17. The summed E-state index contributed by atoms with van der Waals surface area (Å²) in [5.74, 6) is -0.642. The minimum Gasteiger partial charge on any atom is -0.390 e. The molecular weight excluding hydrogens is 381 g/mol. The van der Waals surface area contributed by atoms with E-state index in [1.807, 2.05) is 0 Å². The first-order chi connectivity index (χ1) is 13.3. The number of halogens is 3. The first kappa shape index (κ1) is 20.0. The van der Waals surface area contributed by atoms with Crippen LogP contribution in [0, 0.1) is 5.92 Å². The third-order valence-electron chi connectivity index (χ3n) is 4.01. The van der Waals surface area contributed by atoms with Gasteiger partial charge in [-0.2, -0.15) is 13.2 Å². The Morgan fingerprint density at radius 1 is 1.21 bits per heavy atom. The molecular formula is C16H17F3N6O3. The second-order valence-electron chi connectivity index (χ2n) is 6.01. The van der Waals surface area contributed by atoms with Crippen molar-refractivity contribution in [3.63, 3.8) is 0 Å². The predicted molar refractivity (Wildman–Crippen MR) is 91.0 cm³/mol. The number of anilines is 1. The van der Waals surface area contributed by atoms with Gasteiger partial charge in [-0.3, -0.25) is 4.98 Å². The topological polar surface area (TPSA) is 126 Å². The van der Waals surface area contributed by atoms with Gasteiger partial charge in [0.1, 0.15) is 12.2 Å². The van der Waals surface area contributed by atoms with E-state index in [0.29, 0.717) is 12.1 Å². The molecule has 1 fully saturated rings. The van der Waals surface area contributed by atoms with Gasteiger partial charge in [-0.15, -0.1) is 0 Å². The highest BCUT2D eigenvalue weighted by molar-refractivity contribution is 5.65. The van der Waals surface area contributed by atoms with E-state index in [0.717, 1.165) is 6.20 Å². The lowest BCUT2D eigenvalue weighted by Crippen LogP contribution is -2.52. The Balaban J connectivity index is 1.59.